The van der Waals surface area contributed by atoms with Gasteiger partial charge in [0, 0.05) is 5.41 Å². The lowest BCUT2D eigenvalue weighted by Crippen LogP contribution is -2.15. The lowest BCUT2D eigenvalue weighted by atomic mass is 9.82. The summed E-state index contributed by atoms with van der Waals surface area (Å²) in [6.45, 7) is 9.66. The van der Waals surface area contributed by atoms with Crippen LogP contribution in [-0.2, 0) is 23.4 Å². The van der Waals surface area contributed by atoms with Crippen LogP contribution >= 0.6 is 0 Å². The fourth-order valence-corrected chi connectivity index (χ4v) is 3.88. The van der Waals surface area contributed by atoms with Crippen molar-refractivity contribution in [1.29, 1.82) is 0 Å². The lowest BCUT2D eigenvalue weighted by molar-refractivity contribution is 0.107. The molecule has 1 heteroatoms. The minimum Gasteiger partial charge on any atom is -0.372 e. The van der Waals surface area contributed by atoms with Crippen molar-refractivity contribution in [2.75, 3.05) is 0 Å². The van der Waals surface area contributed by atoms with E-state index in [0.717, 1.165) is 5.56 Å². The van der Waals surface area contributed by atoms with Gasteiger partial charge in [0.15, 0.2) is 0 Å². The van der Waals surface area contributed by atoms with Gasteiger partial charge in [0.05, 0.1) is 13.2 Å². The van der Waals surface area contributed by atoms with Gasteiger partial charge in [-0.05, 0) is 38.9 Å². The second kappa shape index (κ2) is 6.59. The highest BCUT2D eigenvalue weighted by Crippen LogP contribution is 2.48. The van der Waals surface area contributed by atoms with Crippen LogP contribution in [0.5, 0.6) is 0 Å². The van der Waals surface area contributed by atoms with Gasteiger partial charge in [-0.3, -0.25) is 0 Å². The predicted molar refractivity (Wildman–Crippen MR) is 109 cm³/mol. The zero-order valence-corrected chi connectivity index (χ0v) is 15.5. The van der Waals surface area contributed by atoms with Gasteiger partial charge < -0.3 is 4.74 Å². The van der Waals surface area contributed by atoms with E-state index < -0.39 is 0 Å². The summed E-state index contributed by atoms with van der Waals surface area (Å²) < 4.78 is 5.96. The molecule has 1 aliphatic rings. The summed E-state index contributed by atoms with van der Waals surface area (Å²) in [7, 11) is 0. The van der Waals surface area contributed by atoms with Crippen molar-refractivity contribution >= 4 is 6.08 Å². The molecule has 3 aromatic rings. The summed E-state index contributed by atoms with van der Waals surface area (Å²) in [5, 5.41) is 0. The van der Waals surface area contributed by atoms with Crippen LogP contribution < -0.4 is 0 Å². The summed E-state index contributed by atoms with van der Waals surface area (Å²) in [5.74, 6) is 0. The zero-order valence-electron chi connectivity index (χ0n) is 15.5. The van der Waals surface area contributed by atoms with Gasteiger partial charge in [0.1, 0.15) is 0 Å². The van der Waals surface area contributed by atoms with Crippen molar-refractivity contribution in [2.45, 2.75) is 32.5 Å². The van der Waals surface area contributed by atoms with Crippen LogP contribution in [0.15, 0.2) is 73.3 Å². The van der Waals surface area contributed by atoms with E-state index in [1.807, 2.05) is 6.08 Å². The molecule has 26 heavy (non-hydrogen) atoms. The normalized spacial score (nSPS) is 13.9. The molecule has 0 radical (unpaired) electrons. The van der Waals surface area contributed by atoms with Crippen molar-refractivity contribution in [3.05, 3.63) is 101 Å². The molecule has 0 N–H and O–H groups in total. The Bertz CT molecular complexity index is 948. The number of fused-ring (bicyclic) bond motifs is 3. The summed E-state index contributed by atoms with van der Waals surface area (Å²) >= 11 is 0. The van der Waals surface area contributed by atoms with Crippen molar-refractivity contribution < 1.29 is 4.74 Å². The molecule has 3 aromatic carbocycles. The molecular weight excluding hydrogens is 316 g/mol. The Kier molecular flexibility index (Phi) is 4.26. The zero-order chi connectivity index (χ0) is 18.1. The third kappa shape index (κ3) is 2.89. The van der Waals surface area contributed by atoms with Gasteiger partial charge in [-0.2, -0.15) is 0 Å². The van der Waals surface area contributed by atoms with Crippen molar-refractivity contribution in [1.82, 2.24) is 0 Å². The average Bonchev–Trinajstić information content (AvgIpc) is 2.90. The third-order valence-electron chi connectivity index (χ3n) is 5.40. The van der Waals surface area contributed by atoms with Crippen LogP contribution in [0.1, 0.15) is 41.7 Å². The monoisotopic (exact) mass is 340 g/mol. The van der Waals surface area contributed by atoms with Crippen LogP contribution in [0.2, 0.25) is 0 Å². The molecule has 1 nitrogen and oxygen atoms in total. The van der Waals surface area contributed by atoms with Gasteiger partial charge in [-0.1, -0.05) is 93.2 Å². The van der Waals surface area contributed by atoms with Crippen molar-refractivity contribution in [3.63, 3.8) is 0 Å². The Hall–Kier alpha value is -2.64. The molecule has 0 atom stereocenters. The predicted octanol–water partition coefficient (Wildman–Crippen LogP) is 6.35. The number of ether oxygens (including phenoxy) is 1. The van der Waals surface area contributed by atoms with Gasteiger partial charge in [0.2, 0.25) is 0 Å². The minimum absolute atomic E-state index is 0.0441. The Labute approximate surface area is 156 Å². The number of benzene rings is 3. The van der Waals surface area contributed by atoms with Crippen LogP contribution in [0.25, 0.3) is 17.2 Å². The first-order valence-corrected chi connectivity index (χ1v) is 9.12. The Morgan fingerprint density at radius 3 is 2.23 bits per heavy atom. The Balaban J connectivity index is 1.50. The molecule has 0 spiro atoms. The van der Waals surface area contributed by atoms with Crippen LogP contribution in [0.4, 0.5) is 0 Å². The average molecular weight is 340 g/mol. The van der Waals surface area contributed by atoms with E-state index in [0.29, 0.717) is 13.2 Å². The van der Waals surface area contributed by atoms with Crippen molar-refractivity contribution in [3.8, 4) is 11.1 Å². The Morgan fingerprint density at radius 1 is 0.808 bits per heavy atom. The van der Waals surface area contributed by atoms with Crippen molar-refractivity contribution in [2.24, 2.45) is 0 Å². The fourth-order valence-electron chi connectivity index (χ4n) is 3.88. The molecule has 1 aliphatic carbocycles. The highest BCUT2D eigenvalue weighted by molar-refractivity contribution is 5.80. The highest BCUT2D eigenvalue weighted by Gasteiger charge is 2.34. The lowest BCUT2D eigenvalue weighted by Gasteiger charge is -2.21. The van der Waals surface area contributed by atoms with Crippen LogP contribution in [0.3, 0.4) is 0 Å². The largest absolute Gasteiger partial charge is 0.372 e. The van der Waals surface area contributed by atoms with E-state index in [1.165, 1.54) is 33.4 Å². The first-order chi connectivity index (χ1) is 12.6. The summed E-state index contributed by atoms with van der Waals surface area (Å²) in [6.07, 6.45) is 1.86. The van der Waals surface area contributed by atoms with E-state index in [2.05, 4.69) is 87.2 Å². The van der Waals surface area contributed by atoms with E-state index in [9.17, 15) is 0 Å². The molecule has 0 bridgehead atoms. The number of hydrogen-bond acceptors (Lipinski definition) is 1. The van der Waals surface area contributed by atoms with E-state index >= 15 is 0 Å². The standard InChI is InChI=1S/C25H24O/c1-4-18-9-11-19(12-10-18)16-26-17-20-13-14-22-21-7-5-6-8-23(21)25(2,3)24(22)15-20/h4-15H,1,16-17H2,2-3H3. The van der Waals surface area contributed by atoms with Gasteiger partial charge >= 0.3 is 0 Å². The molecule has 0 unspecified atom stereocenters. The topological polar surface area (TPSA) is 9.23 Å². The number of hydrogen-bond donors (Lipinski definition) is 0. The summed E-state index contributed by atoms with van der Waals surface area (Å²) in [5.41, 5.74) is 9.12. The third-order valence-corrected chi connectivity index (χ3v) is 5.40. The van der Waals surface area contributed by atoms with Crippen LogP contribution in [0, 0.1) is 0 Å². The molecule has 0 saturated heterocycles. The number of rotatable bonds is 5. The maximum atomic E-state index is 5.96. The quantitative estimate of drug-likeness (QED) is 0.525. The first kappa shape index (κ1) is 16.8. The van der Waals surface area contributed by atoms with E-state index in [4.69, 9.17) is 4.74 Å². The van der Waals surface area contributed by atoms with Crippen LogP contribution in [-0.4, -0.2) is 0 Å². The molecule has 0 heterocycles. The van der Waals surface area contributed by atoms with E-state index in [-0.39, 0.29) is 5.41 Å². The molecule has 0 aliphatic heterocycles. The SMILES string of the molecule is C=Cc1ccc(COCc2ccc3c(c2)C(C)(C)c2ccccc2-3)cc1. The minimum atomic E-state index is 0.0441. The van der Waals surface area contributed by atoms with E-state index in [1.54, 1.807) is 0 Å². The van der Waals surface area contributed by atoms with Gasteiger partial charge in [-0.15, -0.1) is 0 Å². The Morgan fingerprint density at radius 2 is 1.46 bits per heavy atom. The maximum Gasteiger partial charge on any atom is 0.0721 e. The second-order valence-corrected chi connectivity index (χ2v) is 7.49. The molecule has 0 aromatic heterocycles. The molecule has 130 valence electrons. The molecule has 0 fully saturated rings. The second-order valence-electron chi connectivity index (χ2n) is 7.49. The smallest absolute Gasteiger partial charge is 0.0721 e. The fraction of sp³-hybridized carbons (Fsp3) is 0.200. The summed E-state index contributed by atoms with van der Waals surface area (Å²) in [4.78, 5) is 0. The highest BCUT2D eigenvalue weighted by atomic mass is 16.5. The molecule has 4 rings (SSSR count). The summed E-state index contributed by atoms with van der Waals surface area (Å²) in [6, 6.07) is 23.8. The maximum absolute atomic E-state index is 5.96. The first-order valence-electron chi connectivity index (χ1n) is 9.12. The molecule has 0 amide bonds. The van der Waals surface area contributed by atoms with Gasteiger partial charge in [0.25, 0.3) is 0 Å². The molecular formula is C25H24O. The molecule has 0 saturated carbocycles. The van der Waals surface area contributed by atoms with Gasteiger partial charge in [-0.25, -0.2) is 0 Å².